The molecule has 0 aliphatic rings. The van der Waals surface area contributed by atoms with Gasteiger partial charge < -0.3 is 9.64 Å². The molecule has 0 saturated heterocycles. The third-order valence-electron chi connectivity index (χ3n) is 2.76. The molecule has 19 heavy (non-hydrogen) atoms. The first kappa shape index (κ1) is 15.5. The predicted octanol–water partition coefficient (Wildman–Crippen LogP) is 2.65. The van der Waals surface area contributed by atoms with E-state index >= 15 is 0 Å². The van der Waals surface area contributed by atoms with Gasteiger partial charge in [0.15, 0.2) is 0 Å². The molecule has 1 amide bonds. The van der Waals surface area contributed by atoms with Gasteiger partial charge in [-0.2, -0.15) is 5.26 Å². The number of benzene rings is 1. The minimum Gasteiger partial charge on any atom is -0.383 e. The SMILES string of the molecule is COCCN(CCC#N)C(=O)c1ccc(Cl)cc1C. The zero-order valence-corrected chi connectivity index (χ0v) is 11.9. The Hall–Kier alpha value is -1.57. The first-order chi connectivity index (χ1) is 9.10. The number of hydrogen-bond acceptors (Lipinski definition) is 3. The minimum atomic E-state index is -0.0959. The van der Waals surface area contributed by atoms with Crippen LogP contribution in [0, 0.1) is 18.3 Å². The Morgan fingerprint density at radius 1 is 1.47 bits per heavy atom. The Morgan fingerprint density at radius 3 is 2.79 bits per heavy atom. The average molecular weight is 281 g/mol. The van der Waals surface area contributed by atoms with Gasteiger partial charge >= 0.3 is 0 Å². The van der Waals surface area contributed by atoms with Gasteiger partial charge in [0.25, 0.3) is 5.91 Å². The standard InChI is InChI=1S/C14H17ClN2O2/c1-11-10-12(15)4-5-13(11)14(18)17(7-3-6-16)8-9-19-2/h4-5,10H,3,7-9H2,1-2H3. The summed E-state index contributed by atoms with van der Waals surface area (Å²) in [5, 5.41) is 9.25. The fraction of sp³-hybridized carbons (Fsp3) is 0.429. The molecule has 0 bridgehead atoms. The van der Waals surface area contributed by atoms with E-state index in [0.717, 1.165) is 5.56 Å². The molecule has 0 aliphatic carbocycles. The number of amides is 1. The molecule has 5 heteroatoms. The number of ether oxygens (including phenoxy) is 1. The Labute approximate surface area is 118 Å². The molecule has 0 atom stereocenters. The van der Waals surface area contributed by atoms with Crippen LogP contribution in [0.3, 0.4) is 0 Å². The van der Waals surface area contributed by atoms with E-state index in [2.05, 4.69) is 0 Å². The second-order valence-electron chi connectivity index (χ2n) is 4.15. The van der Waals surface area contributed by atoms with Crippen LogP contribution >= 0.6 is 11.6 Å². The Morgan fingerprint density at radius 2 is 2.21 bits per heavy atom. The van der Waals surface area contributed by atoms with E-state index in [1.54, 1.807) is 30.2 Å². The van der Waals surface area contributed by atoms with Crippen LogP contribution in [0.1, 0.15) is 22.3 Å². The fourth-order valence-corrected chi connectivity index (χ4v) is 1.97. The normalized spacial score (nSPS) is 10.0. The van der Waals surface area contributed by atoms with Crippen molar-refractivity contribution in [2.75, 3.05) is 26.8 Å². The van der Waals surface area contributed by atoms with Gasteiger partial charge in [0.2, 0.25) is 0 Å². The lowest BCUT2D eigenvalue weighted by atomic mass is 10.1. The van der Waals surface area contributed by atoms with Crippen LogP contribution in [-0.4, -0.2) is 37.6 Å². The van der Waals surface area contributed by atoms with Gasteiger partial charge in [-0.15, -0.1) is 0 Å². The van der Waals surface area contributed by atoms with E-state index in [9.17, 15) is 4.79 Å². The maximum Gasteiger partial charge on any atom is 0.254 e. The van der Waals surface area contributed by atoms with Crippen molar-refractivity contribution in [3.05, 3.63) is 34.3 Å². The summed E-state index contributed by atoms with van der Waals surface area (Å²) in [6.07, 6.45) is 0.308. The van der Waals surface area contributed by atoms with Crippen molar-refractivity contribution in [2.24, 2.45) is 0 Å². The molecule has 1 aromatic rings. The van der Waals surface area contributed by atoms with Gasteiger partial charge in [0.1, 0.15) is 0 Å². The van der Waals surface area contributed by atoms with Gasteiger partial charge in [-0.1, -0.05) is 11.6 Å². The van der Waals surface area contributed by atoms with Crippen molar-refractivity contribution in [3.63, 3.8) is 0 Å². The number of rotatable bonds is 6. The van der Waals surface area contributed by atoms with E-state index in [1.165, 1.54) is 0 Å². The van der Waals surface area contributed by atoms with Crippen LogP contribution in [0.25, 0.3) is 0 Å². The third-order valence-corrected chi connectivity index (χ3v) is 3.00. The molecule has 0 aromatic heterocycles. The number of hydrogen-bond donors (Lipinski definition) is 0. The molecule has 0 aliphatic heterocycles. The average Bonchev–Trinajstić information content (AvgIpc) is 2.38. The molecule has 1 aromatic carbocycles. The van der Waals surface area contributed by atoms with Crippen LogP contribution in [0.4, 0.5) is 0 Å². The van der Waals surface area contributed by atoms with Crippen molar-refractivity contribution in [1.82, 2.24) is 4.90 Å². The summed E-state index contributed by atoms with van der Waals surface area (Å²) in [4.78, 5) is 14.0. The van der Waals surface area contributed by atoms with E-state index in [0.29, 0.717) is 36.7 Å². The molecule has 0 fully saturated rings. The lowest BCUT2D eigenvalue weighted by molar-refractivity contribution is 0.0699. The number of aryl methyl sites for hydroxylation is 1. The largest absolute Gasteiger partial charge is 0.383 e. The summed E-state index contributed by atoms with van der Waals surface area (Å²) in [6, 6.07) is 7.22. The fourth-order valence-electron chi connectivity index (χ4n) is 1.74. The highest BCUT2D eigenvalue weighted by molar-refractivity contribution is 6.30. The summed E-state index contributed by atoms with van der Waals surface area (Å²) in [6.45, 7) is 3.17. The third kappa shape index (κ3) is 4.55. The van der Waals surface area contributed by atoms with Gasteiger partial charge in [0, 0.05) is 30.8 Å². The molecular weight excluding hydrogens is 264 g/mol. The topological polar surface area (TPSA) is 53.3 Å². The summed E-state index contributed by atoms with van der Waals surface area (Å²) in [7, 11) is 1.58. The Bertz CT molecular complexity index is 483. The molecule has 0 spiro atoms. The summed E-state index contributed by atoms with van der Waals surface area (Å²) in [5.41, 5.74) is 1.44. The van der Waals surface area contributed by atoms with Crippen LogP contribution in [0.5, 0.6) is 0 Å². The summed E-state index contributed by atoms with van der Waals surface area (Å²) in [5.74, 6) is -0.0959. The smallest absolute Gasteiger partial charge is 0.254 e. The number of nitrogens with zero attached hydrogens (tertiary/aromatic N) is 2. The summed E-state index contributed by atoms with van der Waals surface area (Å²) < 4.78 is 4.99. The molecule has 0 N–H and O–H groups in total. The van der Waals surface area contributed by atoms with Crippen molar-refractivity contribution in [1.29, 1.82) is 5.26 Å². The monoisotopic (exact) mass is 280 g/mol. The van der Waals surface area contributed by atoms with Crippen molar-refractivity contribution in [2.45, 2.75) is 13.3 Å². The van der Waals surface area contributed by atoms with Crippen LogP contribution in [-0.2, 0) is 4.74 Å². The lowest BCUT2D eigenvalue weighted by Crippen LogP contribution is -2.35. The van der Waals surface area contributed by atoms with Gasteiger partial charge in [-0.3, -0.25) is 4.79 Å². The van der Waals surface area contributed by atoms with E-state index in [4.69, 9.17) is 21.6 Å². The summed E-state index contributed by atoms with van der Waals surface area (Å²) >= 11 is 5.88. The lowest BCUT2D eigenvalue weighted by Gasteiger charge is -2.22. The van der Waals surface area contributed by atoms with Gasteiger partial charge in [-0.25, -0.2) is 0 Å². The van der Waals surface area contributed by atoms with Crippen LogP contribution < -0.4 is 0 Å². The van der Waals surface area contributed by atoms with E-state index in [1.807, 2.05) is 13.0 Å². The predicted molar refractivity (Wildman–Crippen MR) is 74.2 cm³/mol. The highest BCUT2D eigenvalue weighted by Gasteiger charge is 2.17. The molecule has 4 nitrogen and oxygen atoms in total. The van der Waals surface area contributed by atoms with Crippen molar-refractivity contribution < 1.29 is 9.53 Å². The molecule has 0 radical (unpaired) electrons. The highest BCUT2D eigenvalue weighted by Crippen LogP contribution is 2.17. The van der Waals surface area contributed by atoms with Crippen LogP contribution in [0.15, 0.2) is 18.2 Å². The second kappa shape index (κ2) is 7.78. The highest BCUT2D eigenvalue weighted by atomic mass is 35.5. The Kier molecular flexibility index (Phi) is 6.34. The minimum absolute atomic E-state index is 0.0959. The number of halogens is 1. The van der Waals surface area contributed by atoms with Crippen molar-refractivity contribution in [3.8, 4) is 6.07 Å². The number of carbonyl (C=O) groups is 1. The van der Waals surface area contributed by atoms with Gasteiger partial charge in [0.05, 0.1) is 19.1 Å². The van der Waals surface area contributed by atoms with E-state index in [-0.39, 0.29) is 5.91 Å². The number of carbonyl (C=O) groups excluding carboxylic acids is 1. The zero-order valence-electron chi connectivity index (χ0n) is 11.1. The molecule has 0 saturated carbocycles. The molecule has 102 valence electrons. The zero-order chi connectivity index (χ0) is 14.3. The Balaban J connectivity index is 2.88. The van der Waals surface area contributed by atoms with Crippen LogP contribution in [0.2, 0.25) is 5.02 Å². The second-order valence-corrected chi connectivity index (χ2v) is 4.59. The van der Waals surface area contributed by atoms with E-state index < -0.39 is 0 Å². The first-order valence-electron chi connectivity index (χ1n) is 6.01. The molecule has 1 rings (SSSR count). The quantitative estimate of drug-likeness (QED) is 0.805. The number of methoxy groups -OCH3 is 1. The molecular formula is C14H17ClN2O2. The maximum atomic E-state index is 12.4. The molecule has 0 unspecified atom stereocenters. The molecule has 0 heterocycles. The number of nitriles is 1. The first-order valence-corrected chi connectivity index (χ1v) is 6.39. The van der Waals surface area contributed by atoms with Gasteiger partial charge in [-0.05, 0) is 30.7 Å². The van der Waals surface area contributed by atoms with Crippen molar-refractivity contribution >= 4 is 17.5 Å². The maximum absolute atomic E-state index is 12.4.